The summed E-state index contributed by atoms with van der Waals surface area (Å²) < 4.78 is 0. The van der Waals surface area contributed by atoms with Crippen LogP contribution in [0.3, 0.4) is 0 Å². The average Bonchev–Trinajstić information content (AvgIpc) is 2.39. The van der Waals surface area contributed by atoms with Gasteiger partial charge < -0.3 is 5.11 Å². The molecule has 0 saturated carbocycles. The van der Waals surface area contributed by atoms with Crippen LogP contribution in [0.15, 0.2) is 66.7 Å². The minimum atomic E-state index is -0.933. The highest BCUT2D eigenvalue weighted by atomic mass is 16.3. The van der Waals surface area contributed by atoms with Crippen molar-refractivity contribution in [1.82, 2.24) is 0 Å². The largest absolute Gasteiger partial charge is 0.381 e. The normalized spacial score (nSPS) is 14.7. The molecule has 86 valence electrons. The molecule has 17 heavy (non-hydrogen) atoms. The highest BCUT2D eigenvalue weighted by molar-refractivity contribution is 5.51. The first kappa shape index (κ1) is 11.6. The number of benzene rings is 2. The zero-order chi connectivity index (χ0) is 12.1. The first-order valence-electron chi connectivity index (χ1n) is 5.71. The molecule has 2 rings (SSSR count). The molecule has 2 aromatic carbocycles. The standard InChI is InChI=1S/C16H16O/c1-16(17,15-10-6-3-7-11-15)13-12-14-8-4-2-5-9-14/h2-13,17H,1H3/b13-12-/t16-/m0/s1. The Kier molecular flexibility index (Phi) is 3.40. The van der Waals surface area contributed by atoms with Crippen molar-refractivity contribution < 1.29 is 5.11 Å². The maximum Gasteiger partial charge on any atom is 0.105 e. The van der Waals surface area contributed by atoms with Gasteiger partial charge in [-0.25, -0.2) is 0 Å². The number of rotatable bonds is 3. The van der Waals surface area contributed by atoms with E-state index in [1.54, 1.807) is 6.92 Å². The molecule has 0 unspecified atom stereocenters. The maximum absolute atomic E-state index is 10.4. The maximum atomic E-state index is 10.4. The molecule has 0 aliphatic carbocycles. The highest BCUT2D eigenvalue weighted by Gasteiger charge is 2.18. The van der Waals surface area contributed by atoms with Gasteiger partial charge in [0, 0.05) is 0 Å². The lowest BCUT2D eigenvalue weighted by molar-refractivity contribution is 0.112. The first-order chi connectivity index (χ1) is 8.18. The zero-order valence-corrected chi connectivity index (χ0v) is 9.88. The summed E-state index contributed by atoms with van der Waals surface area (Å²) in [6.07, 6.45) is 3.75. The summed E-state index contributed by atoms with van der Waals surface area (Å²) in [6.45, 7) is 1.79. The first-order valence-corrected chi connectivity index (χ1v) is 5.71. The Morgan fingerprint density at radius 2 is 1.41 bits per heavy atom. The predicted octanol–water partition coefficient (Wildman–Crippen LogP) is 3.61. The number of aliphatic hydroxyl groups is 1. The van der Waals surface area contributed by atoms with Gasteiger partial charge in [-0.15, -0.1) is 0 Å². The van der Waals surface area contributed by atoms with Gasteiger partial charge in [0.15, 0.2) is 0 Å². The second kappa shape index (κ2) is 4.98. The van der Waals surface area contributed by atoms with Gasteiger partial charge in [-0.05, 0) is 24.1 Å². The van der Waals surface area contributed by atoms with Gasteiger partial charge in [-0.3, -0.25) is 0 Å². The summed E-state index contributed by atoms with van der Waals surface area (Å²) in [5.74, 6) is 0. The average molecular weight is 224 g/mol. The Labute approximate surface area is 102 Å². The van der Waals surface area contributed by atoms with Crippen molar-refractivity contribution in [2.45, 2.75) is 12.5 Å². The molecule has 0 amide bonds. The Morgan fingerprint density at radius 3 is 2.00 bits per heavy atom. The van der Waals surface area contributed by atoms with Crippen LogP contribution in [0.4, 0.5) is 0 Å². The van der Waals surface area contributed by atoms with Gasteiger partial charge in [-0.2, -0.15) is 0 Å². The third kappa shape index (κ3) is 3.05. The molecule has 0 spiro atoms. The molecule has 1 N–H and O–H groups in total. The smallest absolute Gasteiger partial charge is 0.105 e. The van der Waals surface area contributed by atoms with Crippen LogP contribution >= 0.6 is 0 Å². The van der Waals surface area contributed by atoms with Gasteiger partial charge in [0.05, 0.1) is 0 Å². The molecular formula is C16H16O. The Morgan fingerprint density at radius 1 is 0.882 bits per heavy atom. The molecule has 1 atom stereocenters. The summed E-state index contributed by atoms with van der Waals surface area (Å²) in [6, 6.07) is 19.6. The molecule has 1 nitrogen and oxygen atoms in total. The third-order valence-electron chi connectivity index (χ3n) is 2.76. The Hall–Kier alpha value is -1.86. The van der Waals surface area contributed by atoms with E-state index in [0.717, 1.165) is 11.1 Å². The molecule has 2 aromatic rings. The van der Waals surface area contributed by atoms with E-state index < -0.39 is 5.60 Å². The fourth-order valence-electron chi connectivity index (χ4n) is 1.69. The summed E-state index contributed by atoms with van der Waals surface area (Å²) in [7, 11) is 0. The number of hydrogen-bond donors (Lipinski definition) is 1. The number of hydrogen-bond acceptors (Lipinski definition) is 1. The van der Waals surface area contributed by atoms with Crippen LogP contribution in [-0.4, -0.2) is 5.11 Å². The lowest BCUT2D eigenvalue weighted by Gasteiger charge is -2.19. The molecule has 1 heteroatoms. The van der Waals surface area contributed by atoms with E-state index in [1.807, 2.05) is 72.8 Å². The summed E-state index contributed by atoms with van der Waals surface area (Å²) >= 11 is 0. The second-order valence-electron chi connectivity index (χ2n) is 4.26. The molecule has 0 aromatic heterocycles. The van der Waals surface area contributed by atoms with E-state index >= 15 is 0 Å². The molecule has 0 fully saturated rings. The van der Waals surface area contributed by atoms with Crippen molar-refractivity contribution in [3.8, 4) is 0 Å². The fourth-order valence-corrected chi connectivity index (χ4v) is 1.69. The third-order valence-corrected chi connectivity index (χ3v) is 2.76. The summed E-state index contributed by atoms with van der Waals surface area (Å²) in [5.41, 5.74) is 1.05. The van der Waals surface area contributed by atoms with Crippen molar-refractivity contribution in [3.63, 3.8) is 0 Å². The molecule has 0 aliphatic rings. The Balaban J connectivity index is 2.21. The van der Waals surface area contributed by atoms with Crippen LogP contribution in [0.1, 0.15) is 18.1 Å². The SMILES string of the molecule is C[C@](O)(/C=C\c1ccccc1)c1ccccc1. The molecule has 0 heterocycles. The molecular weight excluding hydrogens is 208 g/mol. The molecule has 0 radical (unpaired) electrons. The van der Waals surface area contributed by atoms with Crippen LogP contribution in [-0.2, 0) is 5.60 Å². The van der Waals surface area contributed by atoms with Crippen LogP contribution < -0.4 is 0 Å². The second-order valence-corrected chi connectivity index (χ2v) is 4.26. The van der Waals surface area contributed by atoms with Gasteiger partial charge in [0.25, 0.3) is 0 Å². The fraction of sp³-hybridized carbons (Fsp3) is 0.125. The van der Waals surface area contributed by atoms with Crippen LogP contribution in [0.2, 0.25) is 0 Å². The zero-order valence-electron chi connectivity index (χ0n) is 9.88. The monoisotopic (exact) mass is 224 g/mol. The lowest BCUT2D eigenvalue weighted by atomic mass is 9.95. The van der Waals surface area contributed by atoms with E-state index in [1.165, 1.54) is 0 Å². The van der Waals surface area contributed by atoms with E-state index in [9.17, 15) is 5.11 Å². The Bertz CT molecular complexity index is 483. The predicted molar refractivity (Wildman–Crippen MR) is 71.5 cm³/mol. The molecule has 0 saturated heterocycles. The van der Waals surface area contributed by atoms with Crippen molar-refractivity contribution >= 4 is 6.08 Å². The minimum Gasteiger partial charge on any atom is -0.381 e. The van der Waals surface area contributed by atoms with Gasteiger partial charge in [-0.1, -0.05) is 66.7 Å². The minimum absolute atomic E-state index is 0.896. The highest BCUT2D eigenvalue weighted by Crippen LogP contribution is 2.22. The van der Waals surface area contributed by atoms with Gasteiger partial charge >= 0.3 is 0 Å². The molecule has 0 bridgehead atoms. The van der Waals surface area contributed by atoms with E-state index in [0.29, 0.717) is 0 Å². The summed E-state index contributed by atoms with van der Waals surface area (Å²) in [4.78, 5) is 0. The summed E-state index contributed by atoms with van der Waals surface area (Å²) in [5, 5.41) is 10.4. The van der Waals surface area contributed by atoms with Crippen molar-refractivity contribution in [2.24, 2.45) is 0 Å². The topological polar surface area (TPSA) is 20.2 Å². The van der Waals surface area contributed by atoms with Crippen LogP contribution in [0.5, 0.6) is 0 Å². The van der Waals surface area contributed by atoms with Crippen LogP contribution in [0.25, 0.3) is 6.08 Å². The van der Waals surface area contributed by atoms with Crippen molar-refractivity contribution in [3.05, 3.63) is 77.9 Å². The van der Waals surface area contributed by atoms with E-state index in [2.05, 4.69) is 0 Å². The lowest BCUT2D eigenvalue weighted by Crippen LogP contribution is -2.17. The van der Waals surface area contributed by atoms with Crippen molar-refractivity contribution in [1.29, 1.82) is 0 Å². The van der Waals surface area contributed by atoms with E-state index in [-0.39, 0.29) is 0 Å². The quantitative estimate of drug-likeness (QED) is 0.844. The van der Waals surface area contributed by atoms with Gasteiger partial charge in [0.1, 0.15) is 5.60 Å². The van der Waals surface area contributed by atoms with Crippen LogP contribution in [0, 0.1) is 0 Å². The molecule has 0 aliphatic heterocycles. The van der Waals surface area contributed by atoms with Gasteiger partial charge in [0.2, 0.25) is 0 Å². The van der Waals surface area contributed by atoms with E-state index in [4.69, 9.17) is 0 Å². The van der Waals surface area contributed by atoms with Crippen molar-refractivity contribution in [2.75, 3.05) is 0 Å².